The van der Waals surface area contributed by atoms with E-state index in [2.05, 4.69) is 12.2 Å². The molecule has 0 saturated carbocycles. The molecule has 0 bridgehead atoms. The molecular weight excluding hydrogens is 328 g/mol. The minimum Gasteiger partial charge on any atom is -0.389 e. The molecule has 0 aliphatic heterocycles. The Morgan fingerprint density at radius 2 is 2.15 bits per heavy atom. The summed E-state index contributed by atoms with van der Waals surface area (Å²) >= 11 is 14.4. The Morgan fingerprint density at radius 1 is 1.40 bits per heavy atom. The lowest BCUT2D eigenvalue weighted by molar-refractivity contribution is 0.906. The van der Waals surface area contributed by atoms with Crippen LogP contribution in [0.5, 0.6) is 0 Å². The first-order valence-electron chi connectivity index (χ1n) is 6.01. The van der Waals surface area contributed by atoms with Crippen LogP contribution in [0.3, 0.4) is 0 Å². The van der Waals surface area contributed by atoms with Gasteiger partial charge in [0.1, 0.15) is 4.99 Å². The molecule has 0 fully saturated rings. The maximum Gasteiger partial charge on any atom is 0.107 e. The number of anilines is 1. The zero-order valence-electron chi connectivity index (χ0n) is 11.1. The summed E-state index contributed by atoms with van der Waals surface area (Å²) in [5.74, 6) is 0. The van der Waals surface area contributed by atoms with E-state index in [1.165, 1.54) is 4.88 Å². The number of nitrogens with one attached hydrogen (secondary N) is 1. The summed E-state index contributed by atoms with van der Waals surface area (Å²) in [7, 11) is 0. The van der Waals surface area contributed by atoms with Crippen LogP contribution < -0.4 is 11.1 Å². The number of hydrogen-bond donors (Lipinski definition) is 2. The van der Waals surface area contributed by atoms with Crippen LogP contribution in [0.1, 0.15) is 23.4 Å². The van der Waals surface area contributed by atoms with Crippen LogP contribution in [-0.2, 0) is 0 Å². The van der Waals surface area contributed by atoms with Crippen molar-refractivity contribution in [3.05, 3.63) is 45.1 Å². The molecule has 1 aromatic heterocycles. The van der Waals surface area contributed by atoms with Crippen molar-refractivity contribution in [2.75, 3.05) is 11.6 Å². The van der Waals surface area contributed by atoms with Gasteiger partial charge in [0, 0.05) is 21.0 Å². The molecule has 0 aliphatic carbocycles. The Hall–Kier alpha value is -0.750. The third-order valence-corrected chi connectivity index (χ3v) is 5.28. The minimum atomic E-state index is 0.151. The number of hydrogen-bond acceptors (Lipinski definition) is 4. The van der Waals surface area contributed by atoms with Gasteiger partial charge in [-0.05, 0) is 37.4 Å². The van der Waals surface area contributed by atoms with Crippen LogP contribution in [0.15, 0.2) is 35.2 Å². The summed E-state index contributed by atoms with van der Waals surface area (Å²) in [6.07, 6.45) is 2.02. The normalized spacial score (nSPS) is 12.2. The number of halogens is 1. The number of thiophene rings is 1. The molecule has 2 nitrogen and oxygen atoms in total. The predicted octanol–water partition coefficient (Wildman–Crippen LogP) is 4.93. The number of rotatable bonds is 5. The molecule has 2 rings (SSSR count). The molecule has 6 heteroatoms. The highest BCUT2D eigenvalue weighted by Gasteiger charge is 2.14. The summed E-state index contributed by atoms with van der Waals surface area (Å²) in [6.45, 7) is 2.09. The first-order chi connectivity index (χ1) is 9.52. The molecule has 3 N–H and O–H groups in total. The van der Waals surface area contributed by atoms with E-state index in [4.69, 9.17) is 29.6 Å². The fraction of sp³-hybridized carbons (Fsp3) is 0.214. The van der Waals surface area contributed by atoms with Crippen LogP contribution in [0.25, 0.3) is 0 Å². The third-order valence-electron chi connectivity index (χ3n) is 2.89. The second-order valence-electron chi connectivity index (χ2n) is 4.25. The molecule has 0 aliphatic rings. The van der Waals surface area contributed by atoms with E-state index in [0.29, 0.717) is 4.99 Å². The van der Waals surface area contributed by atoms with Gasteiger partial charge >= 0.3 is 0 Å². The molecule has 0 amide bonds. The number of thiocarbonyl (C=S) groups is 1. The quantitative estimate of drug-likeness (QED) is 0.596. The fourth-order valence-corrected chi connectivity index (χ4v) is 3.93. The standard InChI is InChI=1S/C14H15ClN2S3/c1-8(10-6-7-12(15)20-10)17-9-4-3-5-11(19-2)13(9)14(16)18/h3-8,17H,1-2H3,(H2,16,18). The van der Waals surface area contributed by atoms with Crippen LogP contribution >= 0.6 is 46.9 Å². The lowest BCUT2D eigenvalue weighted by Crippen LogP contribution is -2.15. The molecule has 1 atom stereocenters. The van der Waals surface area contributed by atoms with E-state index < -0.39 is 0 Å². The van der Waals surface area contributed by atoms with Gasteiger partial charge in [-0.15, -0.1) is 23.1 Å². The van der Waals surface area contributed by atoms with E-state index >= 15 is 0 Å². The van der Waals surface area contributed by atoms with Gasteiger partial charge in [0.2, 0.25) is 0 Å². The number of benzene rings is 1. The predicted molar refractivity (Wildman–Crippen MR) is 95.5 cm³/mol. The van der Waals surface area contributed by atoms with Gasteiger partial charge in [-0.2, -0.15) is 0 Å². The zero-order valence-corrected chi connectivity index (χ0v) is 14.3. The van der Waals surface area contributed by atoms with Gasteiger partial charge in [-0.3, -0.25) is 0 Å². The monoisotopic (exact) mass is 342 g/mol. The molecule has 0 radical (unpaired) electrons. The van der Waals surface area contributed by atoms with Crippen molar-refractivity contribution in [3.8, 4) is 0 Å². The highest BCUT2D eigenvalue weighted by atomic mass is 35.5. The first kappa shape index (κ1) is 15.6. The summed E-state index contributed by atoms with van der Waals surface area (Å²) in [5, 5.41) is 3.47. The highest BCUT2D eigenvalue weighted by Crippen LogP contribution is 2.32. The van der Waals surface area contributed by atoms with Crippen molar-refractivity contribution >= 4 is 57.6 Å². The fourth-order valence-electron chi connectivity index (χ4n) is 1.94. The number of nitrogens with two attached hydrogens (primary N) is 1. The summed E-state index contributed by atoms with van der Waals surface area (Å²) in [4.78, 5) is 2.67. The minimum absolute atomic E-state index is 0.151. The van der Waals surface area contributed by atoms with E-state index in [0.717, 1.165) is 20.5 Å². The van der Waals surface area contributed by atoms with Crippen molar-refractivity contribution in [2.24, 2.45) is 5.73 Å². The maximum atomic E-state index is 5.98. The van der Waals surface area contributed by atoms with E-state index in [1.807, 2.05) is 36.6 Å². The van der Waals surface area contributed by atoms with Crippen LogP contribution in [0.4, 0.5) is 5.69 Å². The van der Waals surface area contributed by atoms with E-state index in [-0.39, 0.29) is 6.04 Å². The van der Waals surface area contributed by atoms with Crippen molar-refractivity contribution < 1.29 is 0 Å². The average molecular weight is 343 g/mol. The zero-order chi connectivity index (χ0) is 14.7. The van der Waals surface area contributed by atoms with Crippen molar-refractivity contribution in [1.82, 2.24) is 0 Å². The van der Waals surface area contributed by atoms with Crippen LogP contribution in [-0.4, -0.2) is 11.2 Å². The van der Waals surface area contributed by atoms with Gasteiger partial charge in [-0.1, -0.05) is 29.9 Å². The molecule has 2 aromatic rings. The van der Waals surface area contributed by atoms with Crippen molar-refractivity contribution in [3.63, 3.8) is 0 Å². The van der Waals surface area contributed by atoms with E-state index in [9.17, 15) is 0 Å². The molecule has 106 valence electrons. The topological polar surface area (TPSA) is 38.0 Å². The summed E-state index contributed by atoms with van der Waals surface area (Å²) in [6, 6.07) is 10.1. The summed E-state index contributed by atoms with van der Waals surface area (Å²) in [5.41, 5.74) is 7.74. The van der Waals surface area contributed by atoms with Gasteiger partial charge in [0.05, 0.1) is 10.4 Å². The second kappa shape index (κ2) is 6.80. The molecule has 1 heterocycles. The van der Waals surface area contributed by atoms with Gasteiger partial charge in [0.25, 0.3) is 0 Å². The molecule has 1 aromatic carbocycles. The molecule has 1 unspecified atom stereocenters. The molecular formula is C14H15ClN2S3. The van der Waals surface area contributed by atoms with Gasteiger partial charge in [-0.25, -0.2) is 0 Å². The molecule has 0 spiro atoms. The maximum absolute atomic E-state index is 5.98. The van der Waals surface area contributed by atoms with Gasteiger partial charge < -0.3 is 11.1 Å². The molecule has 0 saturated heterocycles. The SMILES string of the molecule is CSc1cccc(NC(C)c2ccc(Cl)s2)c1C(N)=S. The average Bonchev–Trinajstić information content (AvgIpc) is 2.84. The smallest absolute Gasteiger partial charge is 0.107 e. The van der Waals surface area contributed by atoms with E-state index in [1.54, 1.807) is 23.1 Å². The third kappa shape index (κ3) is 3.47. The lowest BCUT2D eigenvalue weighted by atomic mass is 10.1. The Kier molecular flexibility index (Phi) is 5.32. The second-order valence-corrected chi connectivity index (χ2v) is 7.29. The highest BCUT2D eigenvalue weighted by molar-refractivity contribution is 7.98. The lowest BCUT2D eigenvalue weighted by Gasteiger charge is -2.18. The van der Waals surface area contributed by atoms with Gasteiger partial charge in [0.15, 0.2) is 0 Å². The van der Waals surface area contributed by atoms with Crippen LogP contribution in [0.2, 0.25) is 4.34 Å². The summed E-state index contributed by atoms with van der Waals surface area (Å²) < 4.78 is 0.793. The largest absolute Gasteiger partial charge is 0.389 e. The van der Waals surface area contributed by atoms with Crippen LogP contribution in [0, 0.1) is 0 Å². The Morgan fingerprint density at radius 3 is 2.70 bits per heavy atom. The molecule has 20 heavy (non-hydrogen) atoms. The Labute approximate surface area is 137 Å². The number of thioether (sulfide) groups is 1. The van der Waals surface area contributed by atoms with Crippen molar-refractivity contribution in [1.29, 1.82) is 0 Å². The Bertz CT molecular complexity index is 625. The Balaban J connectivity index is 2.31. The first-order valence-corrected chi connectivity index (χ1v) is 8.84. The van der Waals surface area contributed by atoms with Crippen molar-refractivity contribution in [2.45, 2.75) is 17.9 Å².